The first-order valence-electron chi connectivity index (χ1n) is 9.35. The number of alkyl halides is 1. The minimum absolute atomic E-state index is 0.0602. The van der Waals surface area contributed by atoms with Crippen molar-refractivity contribution in [3.63, 3.8) is 0 Å². The number of aryl methyl sites for hydroxylation is 1. The predicted molar refractivity (Wildman–Crippen MR) is 105 cm³/mol. The Morgan fingerprint density at radius 1 is 1.31 bits per heavy atom. The fourth-order valence-corrected chi connectivity index (χ4v) is 3.92. The van der Waals surface area contributed by atoms with Crippen molar-refractivity contribution in [1.82, 2.24) is 24.6 Å². The molecule has 1 aromatic carbocycles. The number of nitrogens with zero attached hydrogens (tertiary/aromatic N) is 5. The fourth-order valence-electron chi connectivity index (χ4n) is 3.92. The van der Waals surface area contributed by atoms with E-state index in [1.54, 1.807) is 6.20 Å². The highest BCUT2D eigenvalue weighted by Crippen LogP contribution is 2.34. The van der Waals surface area contributed by atoms with Crippen LogP contribution >= 0.6 is 0 Å². The van der Waals surface area contributed by atoms with Crippen molar-refractivity contribution < 1.29 is 19.0 Å². The largest absolute Gasteiger partial charge is 0.477 e. The number of piperidine rings is 1. The minimum Gasteiger partial charge on any atom is -0.477 e. The first-order valence-corrected chi connectivity index (χ1v) is 9.35. The summed E-state index contributed by atoms with van der Waals surface area (Å²) >= 11 is 0. The van der Waals surface area contributed by atoms with E-state index in [0.717, 1.165) is 35.0 Å². The standard InChI is InChI=1S/C20H22FN5O3/c1-11-6-12-9-22-26(18-8-16(19(27)28)23-20(24-18)29-3)17(12)7-14(11)13-4-5-25(2)10-15(13)21/h6-9,13,15H,4-5,10H2,1-3H3,(H,27,28). The molecule has 1 aliphatic rings. The summed E-state index contributed by atoms with van der Waals surface area (Å²) < 4.78 is 21.4. The van der Waals surface area contributed by atoms with Crippen molar-refractivity contribution in [3.8, 4) is 11.8 Å². The third-order valence-electron chi connectivity index (χ3n) is 5.41. The van der Waals surface area contributed by atoms with Gasteiger partial charge in [-0.25, -0.2) is 13.9 Å². The molecule has 4 rings (SSSR count). The highest BCUT2D eigenvalue weighted by atomic mass is 19.1. The van der Waals surface area contributed by atoms with Crippen LogP contribution in [0, 0.1) is 6.92 Å². The van der Waals surface area contributed by atoms with Gasteiger partial charge < -0.3 is 14.7 Å². The highest BCUT2D eigenvalue weighted by Gasteiger charge is 2.30. The molecule has 2 unspecified atom stereocenters. The smallest absolute Gasteiger partial charge is 0.354 e. The van der Waals surface area contributed by atoms with Gasteiger partial charge in [-0.05, 0) is 50.2 Å². The second-order valence-corrected chi connectivity index (χ2v) is 7.40. The van der Waals surface area contributed by atoms with Crippen LogP contribution in [0.3, 0.4) is 0 Å². The lowest BCUT2D eigenvalue weighted by atomic mass is 9.85. The van der Waals surface area contributed by atoms with Crippen molar-refractivity contribution in [2.75, 3.05) is 27.2 Å². The number of hydrogen-bond acceptors (Lipinski definition) is 6. The Morgan fingerprint density at radius 2 is 2.10 bits per heavy atom. The van der Waals surface area contributed by atoms with Gasteiger partial charge in [0.2, 0.25) is 0 Å². The molecule has 1 aliphatic heterocycles. The number of aromatic nitrogens is 4. The number of halogens is 1. The van der Waals surface area contributed by atoms with Gasteiger partial charge in [-0.15, -0.1) is 0 Å². The number of carboxylic acid groups (broad SMARTS) is 1. The molecule has 0 aliphatic carbocycles. The molecular weight excluding hydrogens is 377 g/mol. The lowest BCUT2D eigenvalue weighted by Gasteiger charge is -2.33. The van der Waals surface area contributed by atoms with Crippen LogP contribution in [-0.2, 0) is 0 Å². The number of carbonyl (C=O) groups is 1. The molecule has 2 aromatic heterocycles. The van der Waals surface area contributed by atoms with Gasteiger partial charge in [-0.2, -0.15) is 15.1 Å². The zero-order valence-electron chi connectivity index (χ0n) is 16.5. The summed E-state index contributed by atoms with van der Waals surface area (Å²) in [5.41, 5.74) is 2.50. The summed E-state index contributed by atoms with van der Waals surface area (Å²) in [6, 6.07) is 5.20. The van der Waals surface area contributed by atoms with Crippen molar-refractivity contribution in [3.05, 3.63) is 41.2 Å². The zero-order chi connectivity index (χ0) is 20.7. The molecule has 0 spiro atoms. The summed E-state index contributed by atoms with van der Waals surface area (Å²) in [7, 11) is 3.30. The van der Waals surface area contributed by atoms with Crippen LogP contribution in [0.4, 0.5) is 4.39 Å². The molecular formula is C20H22FN5O3. The van der Waals surface area contributed by atoms with Crippen LogP contribution in [0.2, 0.25) is 0 Å². The van der Waals surface area contributed by atoms with E-state index >= 15 is 0 Å². The second-order valence-electron chi connectivity index (χ2n) is 7.40. The summed E-state index contributed by atoms with van der Waals surface area (Å²) in [6.45, 7) is 3.23. The van der Waals surface area contributed by atoms with Gasteiger partial charge >= 0.3 is 12.0 Å². The van der Waals surface area contributed by atoms with E-state index in [0.29, 0.717) is 6.54 Å². The molecule has 9 heteroatoms. The number of likely N-dealkylation sites (tertiary alicyclic amines) is 1. The van der Waals surface area contributed by atoms with Gasteiger partial charge in [0, 0.05) is 23.9 Å². The molecule has 0 bridgehead atoms. The van der Waals surface area contributed by atoms with E-state index in [4.69, 9.17) is 4.74 Å². The van der Waals surface area contributed by atoms with Crippen LogP contribution in [-0.4, -0.2) is 69.1 Å². The number of aromatic carboxylic acids is 1. The second kappa shape index (κ2) is 7.40. The maximum absolute atomic E-state index is 14.8. The molecule has 0 radical (unpaired) electrons. The van der Waals surface area contributed by atoms with E-state index in [2.05, 4.69) is 15.1 Å². The fraction of sp³-hybridized carbons (Fsp3) is 0.400. The highest BCUT2D eigenvalue weighted by molar-refractivity contribution is 5.86. The van der Waals surface area contributed by atoms with Crippen LogP contribution in [0.1, 0.15) is 34.0 Å². The molecule has 0 saturated carbocycles. The number of rotatable bonds is 4. The maximum atomic E-state index is 14.8. The molecule has 1 saturated heterocycles. The molecule has 0 amide bonds. The van der Waals surface area contributed by atoms with Crippen molar-refractivity contribution in [1.29, 1.82) is 0 Å². The molecule has 3 heterocycles. The lowest BCUT2D eigenvalue weighted by molar-refractivity contribution is 0.0689. The molecule has 8 nitrogen and oxygen atoms in total. The van der Waals surface area contributed by atoms with Gasteiger partial charge in [-0.1, -0.05) is 0 Å². The van der Waals surface area contributed by atoms with Gasteiger partial charge in [0.05, 0.1) is 18.8 Å². The van der Waals surface area contributed by atoms with Gasteiger partial charge in [0.15, 0.2) is 11.5 Å². The van der Waals surface area contributed by atoms with Crippen LogP contribution in [0.25, 0.3) is 16.7 Å². The first-order chi connectivity index (χ1) is 13.9. The van der Waals surface area contributed by atoms with E-state index in [9.17, 15) is 14.3 Å². The maximum Gasteiger partial charge on any atom is 0.354 e. The van der Waals surface area contributed by atoms with Crippen molar-refractivity contribution >= 4 is 16.9 Å². The van der Waals surface area contributed by atoms with E-state index in [-0.39, 0.29) is 23.4 Å². The zero-order valence-corrected chi connectivity index (χ0v) is 16.5. The topological polar surface area (TPSA) is 93.4 Å². The normalized spacial score (nSPS) is 20.1. The Hall–Kier alpha value is -3.07. The van der Waals surface area contributed by atoms with Crippen LogP contribution in [0.15, 0.2) is 24.4 Å². The summed E-state index contributed by atoms with van der Waals surface area (Å²) in [5.74, 6) is -1.10. The number of hydrogen-bond donors (Lipinski definition) is 1. The molecule has 1 fully saturated rings. The van der Waals surface area contributed by atoms with Crippen LogP contribution < -0.4 is 4.74 Å². The van der Waals surface area contributed by atoms with Crippen LogP contribution in [0.5, 0.6) is 6.01 Å². The van der Waals surface area contributed by atoms with Crippen molar-refractivity contribution in [2.24, 2.45) is 0 Å². The van der Waals surface area contributed by atoms with E-state index < -0.39 is 12.1 Å². The Bertz CT molecular complexity index is 1080. The summed E-state index contributed by atoms with van der Waals surface area (Å²) in [4.78, 5) is 21.5. The number of methoxy groups -OCH3 is 1. The average molecular weight is 399 g/mol. The number of benzene rings is 1. The molecule has 29 heavy (non-hydrogen) atoms. The van der Waals surface area contributed by atoms with Crippen molar-refractivity contribution in [2.45, 2.75) is 25.4 Å². The Kier molecular flexibility index (Phi) is 4.91. The monoisotopic (exact) mass is 399 g/mol. The third kappa shape index (κ3) is 3.53. The Labute approximate surface area is 166 Å². The first kappa shape index (κ1) is 19.3. The Morgan fingerprint density at radius 3 is 2.79 bits per heavy atom. The quantitative estimate of drug-likeness (QED) is 0.721. The summed E-state index contributed by atoms with van der Waals surface area (Å²) in [5, 5.41) is 14.6. The average Bonchev–Trinajstić information content (AvgIpc) is 3.09. The Balaban J connectivity index is 1.83. The van der Waals surface area contributed by atoms with Gasteiger partial charge in [0.1, 0.15) is 6.17 Å². The molecule has 1 N–H and O–H groups in total. The van der Waals surface area contributed by atoms with E-state index in [1.165, 1.54) is 17.9 Å². The van der Waals surface area contributed by atoms with Gasteiger partial charge in [-0.3, -0.25) is 0 Å². The number of fused-ring (bicyclic) bond motifs is 1. The number of ether oxygens (including phenoxy) is 1. The molecule has 152 valence electrons. The SMILES string of the molecule is COc1nc(C(=O)O)cc(-n2ncc3cc(C)c(C4CCN(C)CC4F)cc32)n1. The third-order valence-corrected chi connectivity index (χ3v) is 5.41. The molecule has 3 aromatic rings. The van der Waals surface area contributed by atoms with E-state index in [1.807, 2.05) is 31.0 Å². The predicted octanol–water partition coefficient (Wildman–Crippen LogP) is 2.59. The summed E-state index contributed by atoms with van der Waals surface area (Å²) in [6.07, 6.45) is 1.48. The number of carboxylic acids is 1. The lowest BCUT2D eigenvalue weighted by Crippen LogP contribution is -2.38. The molecule has 2 atom stereocenters. The minimum atomic E-state index is -1.19. The van der Waals surface area contributed by atoms with Gasteiger partial charge in [0.25, 0.3) is 0 Å².